The number of hydrogen-bond donors (Lipinski definition) is 1. The number of ether oxygens (including phenoxy) is 1. The number of benzene rings is 2. The van der Waals surface area contributed by atoms with Gasteiger partial charge in [-0.3, -0.25) is 0 Å². The second kappa shape index (κ2) is 5.96. The van der Waals surface area contributed by atoms with E-state index < -0.39 is 0 Å². The van der Waals surface area contributed by atoms with Crippen LogP contribution in [-0.2, 0) is 6.42 Å². The second-order valence-electron chi connectivity index (χ2n) is 4.01. The lowest BCUT2D eigenvalue weighted by atomic mass is 10.1. The minimum absolute atomic E-state index is 0.308. The molecule has 2 aromatic rings. The fraction of sp³-hybridized carbons (Fsp3) is 0.143. The molecule has 0 bridgehead atoms. The van der Waals surface area contributed by atoms with E-state index in [1.807, 2.05) is 35.6 Å². The number of aryl methyl sites for hydroxylation is 1. The number of anilines is 1. The highest BCUT2D eigenvalue weighted by Gasteiger charge is 2.09. The van der Waals surface area contributed by atoms with Gasteiger partial charge in [-0.25, -0.2) is 4.39 Å². The second-order valence-corrected chi connectivity index (χ2v) is 5.58. The molecule has 2 rings (SSSR count). The molecule has 0 aliphatic heterocycles. The molecule has 0 saturated carbocycles. The molecule has 0 unspecified atom stereocenters. The van der Waals surface area contributed by atoms with Gasteiger partial charge in [0.15, 0.2) is 5.75 Å². The van der Waals surface area contributed by atoms with Crippen LogP contribution in [0.25, 0.3) is 0 Å². The third-order valence-electron chi connectivity index (χ3n) is 2.68. The number of nitrogens with two attached hydrogens (primary N) is 1. The summed E-state index contributed by atoms with van der Waals surface area (Å²) in [7, 11) is 0. The lowest BCUT2D eigenvalue weighted by Crippen LogP contribution is -1.96. The van der Waals surface area contributed by atoms with Gasteiger partial charge in [0.1, 0.15) is 11.6 Å². The first-order valence-electron chi connectivity index (χ1n) is 5.72. The average molecular weight is 392 g/mol. The van der Waals surface area contributed by atoms with Gasteiger partial charge >= 0.3 is 0 Å². The van der Waals surface area contributed by atoms with E-state index in [0.29, 0.717) is 25.8 Å². The molecule has 100 valence electrons. The van der Waals surface area contributed by atoms with Crippen molar-refractivity contribution in [2.24, 2.45) is 0 Å². The van der Waals surface area contributed by atoms with Crippen LogP contribution in [0.4, 0.5) is 10.1 Å². The molecule has 0 heterocycles. The number of hydrogen-bond acceptors (Lipinski definition) is 2. The normalized spacial score (nSPS) is 10.5. The van der Waals surface area contributed by atoms with Gasteiger partial charge in [-0.15, -0.1) is 0 Å². The topological polar surface area (TPSA) is 35.2 Å². The van der Waals surface area contributed by atoms with Gasteiger partial charge in [0.25, 0.3) is 0 Å². The fourth-order valence-electron chi connectivity index (χ4n) is 1.64. The number of halogens is 3. The van der Waals surface area contributed by atoms with Crippen LogP contribution >= 0.6 is 34.2 Å². The van der Waals surface area contributed by atoms with Crippen molar-refractivity contribution in [3.05, 3.63) is 50.3 Å². The molecule has 19 heavy (non-hydrogen) atoms. The van der Waals surface area contributed by atoms with Crippen molar-refractivity contribution in [1.29, 1.82) is 0 Å². The largest absolute Gasteiger partial charge is 0.455 e. The first kappa shape index (κ1) is 14.4. The van der Waals surface area contributed by atoms with Crippen LogP contribution < -0.4 is 10.5 Å². The Morgan fingerprint density at radius 3 is 2.74 bits per heavy atom. The molecular weight excluding hydrogens is 380 g/mol. The zero-order valence-corrected chi connectivity index (χ0v) is 13.1. The van der Waals surface area contributed by atoms with Gasteiger partial charge in [0, 0.05) is 11.1 Å². The Labute approximate surface area is 129 Å². The Morgan fingerprint density at radius 2 is 2.05 bits per heavy atom. The summed E-state index contributed by atoms with van der Waals surface area (Å²) in [6.07, 6.45) is 0.798. The predicted octanol–water partition coefficient (Wildman–Crippen LogP) is 5.02. The quantitative estimate of drug-likeness (QED) is 0.589. The molecule has 2 aromatic carbocycles. The Balaban J connectivity index is 2.33. The van der Waals surface area contributed by atoms with Gasteiger partial charge in [-0.2, -0.15) is 0 Å². The smallest absolute Gasteiger partial charge is 0.153 e. The lowest BCUT2D eigenvalue weighted by Gasteiger charge is -2.11. The third-order valence-corrected chi connectivity index (χ3v) is 3.87. The monoisotopic (exact) mass is 391 g/mol. The first-order chi connectivity index (χ1) is 9.01. The standard InChI is InChI=1S/C14H12ClFINO/c1-2-8-5-9(3-4-10(8)15)19-14-6-11(16)12(17)7-13(14)18/h3-7H,2,18H2,1H3. The van der Waals surface area contributed by atoms with Crippen LogP contribution in [0.5, 0.6) is 11.5 Å². The van der Waals surface area contributed by atoms with Gasteiger partial charge < -0.3 is 10.5 Å². The molecule has 0 amide bonds. The Morgan fingerprint density at radius 1 is 1.32 bits per heavy atom. The molecule has 0 atom stereocenters. The summed E-state index contributed by atoms with van der Waals surface area (Å²) in [6.45, 7) is 2.00. The summed E-state index contributed by atoms with van der Waals surface area (Å²) < 4.78 is 19.6. The average Bonchev–Trinajstić information content (AvgIpc) is 2.38. The summed E-state index contributed by atoms with van der Waals surface area (Å²) >= 11 is 7.92. The van der Waals surface area contributed by atoms with Crippen molar-refractivity contribution in [2.45, 2.75) is 13.3 Å². The minimum Gasteiger partial charge on any atom is -0.455 e. The molecule has 0 fully saturated rings. The van der Waals surface area contributed by atoms with Crippen molar-refractivity contribution >= 4 is 39.9 Å². The summed E-state index contributed by atoms with van der Waals surface area (Å²) in [5.41, 5.74) is 7.19. The molecule has 0 saturated heterocycles. The number of nitrogen functional groups attached to an aromatic ring is 1. The highest BCUT2D eigenvalue weighted by Crippen LogP contribution is 2.32. The zero-order chi connectivity index (χ0) is 14.0. The van der Waals surface area contributed by atoms with E-state index in [1.165, 1.54) is 6.07 Å². The molecular formula is C14H12ClFINO. The summed E-state index contributed by atoms with van der Waals surface area (Å²) in [5.74, 6) is 0.547. The fourth-order valence-corrected chi connectivity index (χ4v) is 2.39. The third kappa shape index (κ3) is 3.30. The van der Waals surface area contributed by atoms with Crippen molar-refractivity contribution in [1.82, 2.24) is 0 Å². The maximum absolute atomic E-state index is 13.5. The molecule has 0 aliphatic carbocycles. The molecule has 0 aromatic heterocycles. The molecule has 0 spiro atoms. The Hall–Kier alpha value is -1.01. The van der Waals surface area contributed by atoms with E-state index in [0.717, 1.165) is 12.0 Å². The van der Waals surface area contributed by atoms with Crippen LogP contribution in [0.15, 0.2) is 30.3 Å². The molecule has 2 N–H and O–H groups in total. The molecule has 2 nitrogen and oxygen atoms in total. The van der Waals surface area contributed by atoms with Gasteiger partial charge in [0.2, 0.25) is 0 Å². The number of rotatable bonds is 3. The van der Waals surface area contributed by atoms with E-state index in [2.05, 4.69) is 0 Å². The Kier molecular flexibility index (Phi) is 4.52. The maximum atomic E-state index is 13.5. The van der Waals surface area contributed by atoms with Crippen molar-refractivity contribution in [3.63, 3.8) is 0 Å². The van der Waals surface area contributed by atoms with Gasteiger partial charge in [-0.05, 0) is 58.8 Å². The van der Waals surface area contributed by atoms with E-state index in [9.17, 15) is 4.39 Å². The maximum Gasteiger partial charge on any atom is 0.153 e. The van der Waals surface area contributed by atoms with Crippen molar-refractivity contribution < 1.29 is 9.13 Å². The lowest BCUT2D eigenvalue weighted by molar-refractivity contribution is 0.478. The van der Waals surface area contributed by atoms with Crippen molar-refractivity contribution in [3.8, 4) is 11.5 Å². The van der Waals surface area contributed by atoms with Gasteiger partial charge in [0.05, 0.1) is 9.26 Å². The highest BCUT2D eigenvalue weighted by atomic mass is 127. The highest BCUT2D eigenvalue weighted by molar-refractivity contribution is 14.1. The summed E-state index contributed by atoms with van der Waals surface area (Å²) in [4.78, 5) is 0. The van der Waals surface area contributed by atoms with Crippen LogP contribution in [0.3, 0.4) is 0 Å². The van der Waals surface area contributed by atoms with Crippen molar-refractivity contribution in [2.75, 3.05) is 5.73 Å². The first-order valence-corrected chi connectivity index (χ1v) is 7.17. The predicted molar refractivity (Wildman–Crippen MR) is 84.4 cm³/mol. The zero-order valence-electron chi connectivity index (χ0n) is 10.2. The van der Waals surface area contributed by atoms with Crippen LogP contribution in [0.1, 0.15) is 12.5 Å². The molecule has 0 radical (unpaired) electrons. The minimum atomic E-state index is -0.352. The Bertz CT molecular complexity index is 619. The molecule has 0 aliphatic rings. The van der Waals surface area contributed by atoms with E-state index in [4.69, 9.17) is 22.1 Å². The summed E-state index contributed by atoms with van der Waals surface area (Å²) in [6, 6.07) is 8.16. The van der Waals surface area contributed by atoms with E-state index in [-0.39, 0.29) is 5.82 Å². The summed E-state index contributed by atoms with van der Waals surface area (Å²) in [5, 5.41) is 0.691. The molecule has 5 heteroatoms. The van der Waals surface area contributed by atoms with Gasteiger partial charge in [-0.1, -0.05) is 18.5 Å². The van der Waals surface area contributed by atoms with Crippen LogP contribution in [-0.4, -0.2) is 0 Å². The van der Waals surface area contributed by atoms with E-state index >= 15 is 0 Å². The van der Waals surface area contributed by atoms with Crippen LogP contribution in [0.2, 0.25) is 5.02 Å². The van der Waals surface area contributed by atoms with Crippen LogP contribution in [0, 0.1) is 9.39 Å². The van der Waals surface area contributed by atoms with E-state index in [1.54, 1.807) is 18.2 Å². The SMILES string of the molecule is CCc1cc(Oc2cc(F)c(I)cc2N)ccc1Cl.